The molecule has 1 aromatic heterocycles. The fraction of sp³-hybridized carbons (Fsp3) is 0.267. The predicted octanol–water partition coefficient (Wildman–Crippen LogP) is 2.43. The van der Waals surface area contributed by atoms with E-state index >= 15 is 0 Å². The molecule has 0 spiro atoms. The Labute approximate surface area is 143 Å². The third-order valence-corrected chi connectivity index (χ3v) is 3.12. The van der Waals surface area contributed by atoms with Gasteiger partial charge in [0.05, 0.1) is 0 Å². The van der Waals surface area contributed by atoms with E-state index in [0.717, 1.165) is 12.1 Å². The number of amides is 3. The maximum Gasteiger partial charge on any atom is 0.405 e. The van der Waals surface area contributed by atoms with Gasteiger partial charge in [0.2, 0.25) is 5.76 Å². The van der Waals surface area contributed by atoms with Gasteiger partial charge in [0.15, 0.2) is 6.61 Å². The van der Waals surface area contributed by atoms with Crippen LogP contribution >= 0.6 is 0 Å². The van der Waals surface area contributed by atoms with E-state index in [4.69, 9.17) is 4.42 Å². The average molecular weight is 376 g/mol. The van der Waals surface area contributed by atoms with Crippen LogP contribution in [0.2, 0.25) is 0 Å². The summed E-state index contributed by atoms with van der Waals surface area (Å²) in [5.74, 6) is -2.99. The maximum absolute atomic E-state index is 13.2. The monoisotopic (exact) mass is 376 g/mol. The second-order valence-corrected chi connectivity index (χ2v) is 5.12. The van der Waals surface area contributed by atoms with Crippen LogP contribution in [0.3, 0.4) is 0 Å². The van der Waals surface area contributed by atoms with Gasteiger partial charge in [-0.05, 0) is 25.1 Å². The van der Waals surface area contributed by atoms with Crippen molar-refractivity contribution in [1.82, 2.24) is 10.6 Å². The Morgan fingerprint density at radius 2 is 1.92 bits per heavy atom. The van der Waals surface area contributed by atoms with Crippen LogP contribution in [0.25, 0.3) is 11.0 Å². The molecule has 1 heterocycles. The molecule has 0 saturated heterocycles. The van der Waals surface area contributed by atoms with Crippen LogP contribution in [0.5, 0.6) is 0 Å². The molecule has 3 amide bonds. The molecule has 0 fully saturated rings. The molecule has 0 radical (unpaired) electrons. The molecule has 0 bridgehead atoms. The molecule has 2 N–H and O–H groups in total. The second kappa shape index (κ2) is 7.42. The van der Waals surface area contributed by atoms with E-state index in [1.54, 1.807) is 5.32 Å². The summed E-state index contributed by atoms with van der Waals surface area (Å²) in [4.78, 5) is 34.4. The van der Waals surface area contributed by atoms with Crippen LogP contribution in [0.4, 0.5) is 22.4 Å². The Morgan fingerprint density at radius 3 is 2.58 bits per heavy atom. The third-order valence-electron chi connectivity index (χ3n) is 3.12. The van der Waals surface area contributed by atoms with Crippen molar-refractivity contribution in [2.75, 3.05) is 13.2 Å². The van der Waals surface area contributed by atoms with E-state index in [-0.39, 0.29) is 16.9 Å². The number of imide groups is 1. The highest BCUT2D eigenvalue weighted by molar-refractivity contribution is 5.98. The minimum Gasteiger partial charge on any atom is -0.450 e. The number of urea groups is 1. The number of nitrogens with one attached hydrogen (secondary N) is 2. The molecule has 2 rings (SSSR count). The normalized spacial score (nSPS) is 11.3. The van der Waals surface area contributed by atoms with Crippen molar-refractivity contribution >= 4 is 28.9 Å². The largest absolute Gasteiger partial charge is 0.450 e. The van der Waals surface area contributed by atoms with Crippen LogP contribution < -0.4 is 10.6 Å². The van der Waals surface area contributed by atoms with E-state index in [9.17, 15) is 31.9 Å². The highest BCUT2D eigenvalue weighted by Gasteiger charge is 2.28. The topological polar surface area (TPSA) is 97.6 Å². The van der Waals surface area contributed by atoms with Gasteiger partial charge in [-0.1, -0.05) is 0 Å². The van der Waals surface area contributed by atoms with Crippen molar-refractivity contribution in [2.45, 2.75) is 13.1 Å². The van der Waals surface area contributed by atoms with Gasteiger partial charge >= 0.3 is 18.2 Å². The lowest BCUT2D eigenvalue weighted by Crippen LogP contribution is -2.44. The smallest absolute Gasteiger partial charge is 0.405 e. The lowest BCUT2D eigenvalue weighted by molar-refractivity contribution is -0.125. The molecule has 1 aromatic carbocycles. The minimum absolute atomic E-state index is 0.229. The zero-order valence-corrected chi connectivity index (χ0v) is 13.2. The number of esters is 1. The van der Waals surface area contributed by atoms with Gasteiger partial charge in [-0.2, -0.15) is 13.2 Å². The molecule has 0 aliphatic heterocycles. The molecule has 0 saturated carbocycles. The van der Waals surface area contributed by atoms with E-state index in [1.165, 1.54) is 18.3 Å². The highest BCUT2D eigenvalue weighted by Crippen LogP contribution is 2.26. The number of ether oxygens (including phenoxy) is 1. The number of rotatable bonds is 4. The Balaban J connectivity index is 1.91. The number of benzene rings is 1. The number of halogens is 4. The van der Waals surface area contributed by atoms with Crippen LogP contribution in [0.15, 0.2) is 22.6 Å². The van der Waals surface area contributed by atoms with Crippen LogP contribution in [0.1, 0.15) is 16.1 Å². The van der Waals surface area contributed by atoms with Crippen molar-refractivity contribution in [3.63, 3.8) is 0 Å². The average Bonchev–Trinajstić information content (AvgIpc) is 2.87. The van der Waals surface area contributed by atoms with Crippen molar-refractivity contribution in [3.05, 3.63) is 35.3 Å². The third kappa shape index (κ3) is 4.94. The van der Waals surface area contributed by atoms with Gasteiger partial charge < -0.3 is 14.5 Å². The summed E-state index contributed by atoms with van der Waals surface area (Å²) >= 11 is 0. The fourth-order valence-corrected chi connectivity index (χ4v) is 1.97. The first-order chi connectivity index (χ1) is 12.1. The summed E-state index contributed by atoms with van der Waals surface area (Å²) in [5.41, 5.74) is 0.514. The number of fused-ring (bicyclic) bond motifs is 1. The summed E-state index contributed by atoms with van der Waals surface area (Å²) < 4.78 is 58.8. The van der Waals surface area contributed by atoms with E-state index < -0.39 is 43.1 Å². The number of aryl methyl sites for hydroxylation is 1. The zero-order valence-electron chi connectivity index (χ0n) is 13.2. The molecule has 0 atom stereocenters. The number of alkyl halides is 3. The summed E-state index contributed by atoms with van der Waals surface area (Å²) in [6.07, 6.45) is -4.63. The van der Waals surface area contributed by atoms with Gasteiger partial charge in [0, 0.05) is 10.9 Å². The Morgan fingerprint density at radius 1 is 1.23 bits per heavy atom. The predicted molar refractivity (Wildman–Crippen MR) is 78.8 cm³/mol. The highest BCUT2D eigenvalue weighted by atomic mass is 19.4. The van der Waals surface area contributed by atoms with Gasteiger partial charge in [0.1, 0.15) is 17.9 Å². The van der Waals surface area contributed by atoms with E-state index in [2.05, 4.69) is 4.74 Å². The van der Waals surface area contributed by atoms with Crippen molar-refractivity contribution in [2.24, 2.45) is 0 Å². The molecule has 0 unspecified atom stereocenters. The molecule has 26 heavy (non-hydrogen) atoms. The summed E-state index contributed by atoms with van der Waals surface area (Å²) in [5, 5.41) is 3.32. The first-order valence-electron chi connectivity index (χ1n) is 7.07. The Kier molecular flexibility index (Phi) is 5.48. The summed E-state index contributed by atoms with van der Waals surface area (Å²) in [6, 6.07) is 2.21. The van der Waals surface area contributed by atoms with Gasteiger partial charge in [-0.25, -0.2) is 14.0 Å². The van der Waals surface area contributed by atoms with Gasteiger partial charge in [0.25, 0.3) is 5.91 Å². The lowest BCUT2D eigenvalue weighted by atomic mass is 10.1. The number of carbonyl (C=O) groups is 3. The standard InChI is InChI=1S/C15H12F4N2O5/c1-7-9-4-8(16)2-3-10(9)26-12(7)13(23)25-5-11(22)21-14(24)20-6-15(17,18)19/h2-4H,5-6H2,1H3,(H2,20,21,22,24). The fourth-order valence-electron chi connectivity index (χ4n) is 1.97. The number of furan rings is 1. The molecule has 140 valence electrons. The van der Waals surface area contributed by atoms with Crippen LogP contribution in [0, 0.1) is 12.7 Å². The van der Waals surface area contributed by atoms with Gasteiger partial charge in [-0.3, -0.25) is 10.1 Å². The molecule has 11 heteroatoms. The van der Waals surface area contributed by atoms with E-state index in [1.807, 2.05) is 0 Å². The second-order valence-electron chi connectivity index (χ2n) is 5.12. The molecule has 7 nitrogen and oxygen atoms in total. The number of carbonyl (C=O) groups excluding carboxylic acids is 3. The van der Waals surface area contributed by atoms with Crippen molar-refractivity contribution < 1.29 is 41.1 Å². The zero-order chi connectivity index (χ0) is 19.5. The first-order valence-corrected chi connectivity index (χ1v) is 7.07. The molecular formula is C15H12F4N2O5. The Bertz CT molecular complexity index is 860. The SMILES string of the molecule is Cc1c(C(=O)OCC(=O)NC(=O)NCC(F)(F)F)oc2ccc(F)cc12. The Hall–Kier alpha value is -3.11. The van der Waals surface area contributed by atoms with E-state index in [0.29, 0.717) is 5.39 Å². The van der Waals surface area contributed by atoms with Gasteiger partial charge in [-0.15, -0.1) is 0 Å². The molecular weight excluding hydrogens is 364 g/mol. The number of hydrogen-bond donors (Lipinski definition) is 2. The minimum atomic E-state index is -4.63. The molecule has 0 aliphatic rings. The van der Waals surface area contributed by atoms with Crippen LogP contribution in [-0.2, 0) is 9.53 Å². The van der Waals surface area contributed by atoms with Crippen LogP contribution in [-0.4, -0.2) is 37.2 Å². The molecule has 2 aromatic rings. The summed E-state index contributed by atoms with van der Waals surface area (Å²) in [7, 11) is 0. The number of hydrogen-bond acceptors (Lipinski definition) is 5. The van der Waals surface area contributed by atoms with Crippen molar-refractivity contribution in [1.29, 1.82) is 0 Å². The lowest BCUT2D eigenvalue weighted by Gasteiger charge is -2.09. The molecule has 0 aliphatic carbocycles. The quantitative estimate of drug-likeness (QED) is 0.631. The summed E-state index contributed by atoms with van der Waals surface area (Å²) in [6.45, 7) is -1.07. The van der Waals surface area contributed by atoms with Crippen molar-refractivity contribution in [3.8, 4) is 0 Å². The maximum atomic E-state index is 13.2. The first kappa shape index (κ1) is 19.2.